The number of nitrogens with one attached hydrogen (secondary N) is 1. The number of nitrogens with zero attached hydrogens (tertiary/aromatic N) is 3. The summed E-state index contributed by atoms with van der Waals surface area (Å²) >= 11 is 5.59. The number of halogens is 1. The average molecular weight is 311 g/mol. The summed E-state index contributed by atoms with van der Waals surface area (Å²) in [5.74, 6) is 0. The fraction of sp³-hybridized carbons (Fsp3) is 0.286. The maximum absolute atomic E-state index is 11.6. The van der Waals surface area contributed by atoms with Crippen LogP contribution in [0.2, 0.25) is 5.28 Å². The molecule has 98 valence electrons. The highest BCUT2D eigenvalue weighted by Crippen LogP contribution is 2.21. The van der Waals surface area contributed by atoms with Crippen LogP contribution in [0, 0.1) is 0 Å². The van der Waals surface area contributed by atoms with Crippen molar-refractivity contribution in [2.75, 3.05) is 12.5 Å². The molecule has 1 N–H and O–H groups in total. The molecule has 0 bridgehead atoms. The van der Waals surface area contributed by atoms with E-state index in [4.69, 9.17) is 11.6 Å². The second kappa shape index (κ2) is 3.87. The Labute approximate surface area is 107 Å². The normalized spacial score (nSPS) is 13.1. The standard InChI is InChI=1S/C7H7ClN4O4S2/c1-17(13,14)5-3-4(10-6(8)9-3)11-7(12-5)18(2,15)16/h1-2H3,(H,9,10,11,12). The molecule has 2 rings (SSSR count). The molecule has 0 aromatic carbocycles. The van der Waals surface area contributed by atoms with E-state index in [0.717, 1.165) is 12.5 Å². The summed E-state index contributed by atoms with van der Waals surface area (Å²) in [7, 11) is -7.50. The lowest BCUT2D eigenvalue weighted by atomic mass is 10.6. The highest BCUT2D eigenvalue weighted by Gasteiger charge is 2.23. The molecule has 0 aliphatic rings. The number of aromatic nitrogens is 4. The number of H-pyrrole nitrogens is 1. The third-order valence-corrected chi connectivity index (χ3v) is 3.97. The molecule has 0 aliphatic carbocycles. The predicted molar refractivity (Wildman–Crippen MR) is 62.9 cm³/mol. The Kier molecular flexibility index (Phi) is 2.83. The largest absolute Gasteiger partial charge is 0.325 e. The third-order valence-electron chi connectivity index (χ3n) is 1.95. The van der Waals surface area contributed by atoms with Crippen molar-refractivity contribution < 1.29 is 16.8 Å². The molecule has 0 radical (unpaired) electrons. The lowest BCUT2D eigenvalue weighted by Gasteiger charge is -2.01. The van der Waals surface area contributed by atoms with Gasteiger partial charge >= 0.3 is 0 Å². The van der Waals surface area contributed by atoms with E-state index >= 15 is 0 Å². The van der Waals surface area contributed by atoms with Gasteiger partial charge in [0.05, 0.1) is 0 Å². The van der Waals surface area contributed by atoms with Crippen LogP contribution in [0.4, 0.5) is 0 Å². The fourth-order valence-corrected chi connectivity index (χ4v) is 2.77. The van der Waals surface area contributed by atoms with Crippen LogP contribution in [-0.2, 0) is 19.7 Å². The molecule has 0 atom stereocenters. The Morgan fingerprint density at radius 1 is 1.00 bits per heavy atom. The lowest BCUT2D eigenvalue weighted by Crippen LogP contribution is -2.10. The van der Waals surface area contributed by atoms with Gasteiger partial charge in [-0.3, -0.25) is 0 Å². The molecule has 8 nitrogen and oxygen atoms in total. The van der Waals surface area contributed by atoms with Crippen LogP contribution in [0.5, 0.6) is 0 Å². The number of rotatable bonds is 2. The van der Waals surface area contributed by atoms with Crippen molar-refractivity contribution in [3.05, 3.63) is 5.28 Å². The highest BCUT2D eigenvalue weighted by molar-refractivity contribution is 7.91. The summed E-state index contributed by atoms with van der Waals surface area (Å²) in [6.07, 6.45) is 1.77. The van der Waals surface area contributed by atoms with E-state index in [0.29, 0.717) is 0 Å². The van der Waals surface area contributed by atoms with Gasteiger partial charge in [0.25, 0.3) is 0 Å². The second-order valence-electron chi connectivity index (χ2n) is 3.58. The number of sulfone groups is 2. The monoisotopic (exact) mass is 310 g/mol. The second-order valence-corrected chi connectivity index (χ2v) is 7.78. The van der Waals surface area contributed by atoms with E-state index in [1.807, 2.05) is 0 Å². The van der Waals surface area contributed by atoms with Gasteiger partial charge in [0.1, 0.15) is 5.52 Å². The Hall–Kier alpha value is -1.26. The van der Waals surface area contributed by atoms with Crippen LogP contribution < -0.4 is 0 Å². The van der Waals surface area contributed by atoms with Gasteiger partial charge in [0.2, 0.25) is 20.3 Å². The van der Waals surface area contributed by atoms with Crippen LogP contribution in [0.1, 0.15) is 0 Å². The summed E-state index contributed by atoms with van der Waals surface area (Å²) in [6, 6.07) is 0. The van der Waals surface area contributed by atoms with Crippen molar-refractivity contribution in [1.82, 2.24) is 19.9 Å². The maximum atomic E-state index is 11.6. The SMILES string of the molecule is CS(=O)(=O)c1nc(S(C)(=O)=O)c2[nH]c(Cl)nc2n1. The number of fused-ring (bicyclic) bond motifs is 1. The van der Waals surface area contributed by atoms with E-state index < -0.39 is 29.9 Å². The molecule has 0 amide bonds. The molecular formula is C7H7ClN4O4S2. The third kappa shape index (κ3) is 2.31. The summed E-state index contributed by atoms with van der Waals surface area (Å²) in [5.41, 5.74) is -0.134. The van der Waals surface area contributed by atoms with Crippen molar-refractivity contribution in [2.45, 2.75) is 10.2 Å². The summed E-state index contributed by atoms with van der Waals surface area (Å²) < 4.78 is 45.9. The summed E-state index contributed by atoms with van der Waals surface area (Å²) in [5, 5.41) is -1.17. The van der Waals surface area contributed by atoms with E-state index in [1.165, 1.54) is 0 Å². The molecule has 0 saturated heterocycles. The predicted octanol–water partition coefficient (Wildman–Crippen LogP) is -0.187. The first kappa shape index (κ1) is 13.2. The Morgan fingerprint density at radius 3 is 2.11 bits per heavy atom. The van der Waals surface area contributed by atoms with Gasteiger partial charge in [-0.1, -0.05) is 0 Å². The minimum atomic E-state index is -3.75. The number of imidazole rings is 1. The highest BCUT2D eigenvalue weighted by atomic mass is 35.5. The van der Waals surface area contributed by atoms with Crippen LogP contribution in [-0.4, -0.2) is 49.3 Å². The quantitative estimate of drug-likeness (QED) is 0.463. The average Bonchev–Trinajstić information content (AvgIpc) is 2.52. The van der Waals surface area contributed by atoms with Crippen molar-refractivity contribution in [1.29, 1.82) is 0 Å². The Morgan fingerprint density at radius 2 is 1.61 bits per heavy atom. The number of hydrogen-bond acceptors (Lipinski definition) is 7. The zero-order valence-electron chi connectivity index (χ0n) is 9.17. The number of aromatic amines is 1. The summed E-state index contributed by atoms with van der Waals surface area (Å²) in [4.78, 5) is 13.3. The summed E-state index contributed by atoms with van der Waals surface area (Å²) in [6.45, 7) is 0. The van der Waals surface area contributed by atoms with E-state index in [-0.39, 0.29) is 16.4 Å². The van der Waals surface area contributed by atoms with Crippen molar-refractivity contribution in [2.24, 2.45) is 0 Å². The minimum Gasteiger partial charge on any atom is -0.325 e. The van der Waals surface area contributed by atoms with Crippen molar-refractivity contribution in [3.8, 4) is 0 Å². The Bertz CT molecular complexity index is 840. The van der Waals surface area contributed by atoms with E-state index in [1.54, 1.807) is 0 Å². The van der Waals surface area contributed by atoms with E-state index in [2.05, 4.69) is 19.9 Å². The van der Waals surface area contributed by atoms with Crippen molar-refractivity contribution >= 4 is 42.4 Å². The van der Waals surface area contributed by atoms with Crippen LogP contribution in [0.15, 0.2) is 10.2 Å². The van der Waals surface area contributed by atoms with Crippen LogP contribution in [0.3, 0.4) is 0 Å². The Balaban J connectivity index is 2.99. The maximum Gasteiger partial charge on any atom is 0.250 e. The zero-order valence-corrected chi connectivity index (χ0v) is 11.6. The molecule has 2 aromatic rings. The molecule has 0 aliphatic heterocycles. The van der Waals surface area contributed by atoms with Gasteiger partial charge in [-0.05, 0) is 11.6 Å². The molecule has 0 unspecified atom stereocenters. The smallest absolute Gasteiger partial charge is 0.250 e. The van der Waals surface area contributed by atoms with Gasteiger partial charge in [0.15, 0.2) is 20.5 Å². The van der Waals surface area contributed by atoms with Gasteiger partial charge in [-0.15, -0.1) is 0 Å². The van der Waals surface area contributed by atoms with Crippen LogP contribution >= 0.6 is 11.6 Å². The van der Waals surface area contributed by atoms with Crippen LogP contribution in [0.25, 0.3) is 11.2 Å². The first-order valence-corrected chi connectivity index (χ1v) is 8.58. The fourth-order valence-electron chi connectivity index (χ4n) is 1.26. The topological polar surface area (TPSA) is 123 Å². The minimum absolute atomic E-state index is 0.0186. The molecule has 11 heteroatoms. The van der Waals surface area contributed by atoms with Gasteiger partial charge in [0, 0.05) is 12.5 Å². The molecule has 0 spiro atoms. The number of hydrogen-bond donors (Lipinski definition) is 1. The molecule has 2 heterocycles. The zero-order chi connectivity index (χ0) is 13.7. The van der Waals surface area contributed by atoms with Crippen molar-refractivity contribution in [3.63, 3.8) is 0 Å². The van der Waals surface area contributed by atoms with E-state index in [9.17, 15) is 16.8 Å². The molecule has 18 heavy (non-hydrogen) atoms. The molecule has 2 aromatic heterocycles. The molecular weight excluding hydrogens is 304 g/mol. The molecule has 0 fully saturated rings. The first-order valence-electron chi connectivity index (χ1n) is 4.42. The lowest BCUT2D eigenvalue weighted by molar-refractivity contribution is 0.587. The molecule has 0 saturated carbocycles. The van der Waals surface area contributed by atoms with Gasteiger partial charge in [-0.2, -0.15) is 9.97 Å². The van der Waals surface area contributed by atoms with Gasteiger partial charge in [-0.25, -0.2) is 21.8 Å². The first-order chi connectivity index (χ1) is 8.09. The van der Waals surface area contributed by atoms with Gasteiger partial charge < -0.3 is 4.98 Å².